The van der Waals surface area contributed by atoms with Crippen molar-refractivity contribution in [1.29, 1.82) is 0 Å². The van der Waals surface area contributed by atoms with E-state index in [1.165, 1.54) is 11.1 Å². The third kappa shape index (κ3) is 3.83. The van der Waals surface area contributed by atoms with E-state index in [2.05, 4.69) is 24.3 Å². The molecule has 0 saturated heterocycles. The maximum absolute atomic E-state index is 12.2. The first-order valence-corrected chi connectivity index (χ1v) is 7.62. The van der Waals surface area contributed by atoms with Gasteiger partial charge < -0.3 is 9.64 Å². The van der Waals surface area contributed by atoms with Gasteiger partial charge in [0.15, 0.2) is 0 Å². The van der Waals surface area contributed by atoms with Crippen LogP contribution in [-0.2, 0) is 22.4 Å². The molecule has 1 aromatic carbocycles. The predicted molar refractivity (Wildman–Crippen MR) is 80.8 cm³/mol. The molecule has 0 spiro atoms. The highest BCUT2D eigenvalue weighted by Gasteiger charge is 2.24. The summed E-state index contributed by atoms with van der Waals surface area (Å²) in [5.74, 6) is 0.245. The van der Waals surface area contributed by atoms with Crippen molar-refractivity contribution in [2.24, 2.45) is 0 Å². The Morgan fingerprint density at radius 1 is 1.35 bits per heavy atom. The molecule has 0 N–H and O–H groups in total. The van der Waals surface area contributed by atoms with Crippen LogP contribution in [0, 0.1) is 0 Å². The van der Waals surface area contributed by atoms with Gasteiger partial charge in [0.05, 0.1) is 0 Å². The summed E-state index contributed by atoms with van der Waals surface area (Å²) in [6, 6.07) is 8.93. The molecule has 110 valence electrons. The summed E-state index contributed by atoms with van der Waals surface area (Å²) in [6.45, 7) is 3.39. The van der Waals surface area contributed by atoms with Gasteiger partial charge in [-0.25, -0.2) is 0 Å². The molecule has 3 heteroatoms. The number of carbonyl (C=O) groups excluding carboxylic acids is 1. The number of fused-ring (bicyclic) bond motifs is 1. The number of amides is 1. The molecule has 1 aliphatic rings. The summed E-state index contributed by atoms with van der Waals surface area (Å²) in [5.41, 5.74) is 2.85. The smallest absolute Gasteiger partial charge is 0.222 e. The molecule has 0 unspecified atom stereocenters. The number of ether oxygens (including phenoxy) is 1. The summed E-state index contributed by atoms with van der Waals surface area (Å²) < 4.78 is 5.28. The van der Waals surface area contributed by atoms with Gasteiger partial charge in [-0.05, 0) is 43.7 Å². The lowest BCUT2D eigenvalue weighted by Crippen LogP contribution is -2.40. The minimum absolute atomic E-state index is 0.245. The van der Waals surface area contributed by atoms with E-state index < -0.39 is 0 Å². The second kappa shape index (κ2) is 7.44. The van der Waals surface area contributed by atoms with Crippen molar-refractivity contribution in [3.63, 3.8) is 0 Å². The fourth-order valence-electron chi connectivity index (χ4n) is 2.86. The lowest BCUT2D eigenvalue weighted by atomic mass is 9.87. The van der Waals surface area contributed by atoms with Gasteiger partial charge >= 0.3 is 0 Å². The monoisotopic (exact) mass is 275 g/mol. The summed E-state index contributed by atoms with van der Waals surface area (Å²) in [6.07, 6.45) is 4.56. The normalized spacial score (nSPS) is 17.6. The third-order valence-electron chi connectivity index (χ3n) is 4.15. The van der Waals surface area contributed by atoms with E-state index >= 15 is 0 Å². The number of hydrogen-bond acceptors (Lipinski definition) is 2. The molecule has 3 nitrogen and oxygen atoms in total. The standard InChI is InChI=1S/C17H25NO2/c1-3-20-12-6-9-17(19)18(2)16-11-10-14-7-4-5-8-15(14)13-16/h4-5,7-8,16H,3,6,9-13H2,1-2H3/t16-/m1/s1. The number of nitrogens with zero attached hydrogens (tertiary/aromatic N) is 1. The van der Waals surface area contributed by atoms with Crippen molar-refractivity contribution in [1.82, 2.24) is 4.90 Å². The van der Waals surface area contributed by atoms with E-state index in [1.54, 1.807) is 0 Å². The highest BCUT2D eigenvalue weighted by Crippen LogP contribution is 2.24. The van der Waals surface area contributed by atoms with Crippen LogP contribution in [0.1, 0.15) is 37.3 Å². The summed E-state index contributed by atoms with van der Waals surface area (Å²) in [7, 11) is 1.95. The van der Waals surface area contributed by atoms with Gasteiger partial charge in [0.25, 0.3) is 0 Å². The Bertz CT molecular complexity index is 444. The average Bonchev–Trinajstić information content (AvgIpc) is 2.50. The van der Waals surface area contributed by atoms with Gasteiger partial charge in [0.2, 0.25) is 5.91 Å². The molecule has 0 saturated carbocycles. The first-order chi connectivity index (χ1) is 9.72. The van der Waals surface area contributed by atoms with Crippen LogP contribution < -0.4 is 0 Å². The molecule has 0 aliphatic heterocycles. The van der Waals surface area contributed by atoms with Gasteiger partial charge in [0.1, 0.15) is 0 Å². The van der Waals surface area contributed by atoms with Crippen LogP contribution in [0.5, 0.6) is 0 Å². The second-order valence-corrected chi connectivity index (χ2v) is 5.47. The van der Waals surface area contributed by atoms with E-state index in [0.29, 0.717) is 19.1 Å². The van der Waals surface area contributed by atoms with E-state index in [0.717, 1.165) is 32.3 Å². The SMILES string of the molecule is CCOCCCC(=O)N(C)[C@@H]1CCc2ccccc2C1. The van der Waals surface area contributed by atoms with Crippen LogP contribution in [-0.4, -0.2) is 37.1 Å². The van der Waals surface area contributed by atoms with Gasteiger partial charge in [-0.2, -0.15) is 0 Å². The van der Waals surface area contributed by atoms with E-state index in [1.807, 2.05) is 18.9 Å². The third-order valence-corrected chi connectivity index (χ3v) is 4.15. The summed E-state index contributed by atoms with van der Waals surface area (Å²) in [5, 5.41) is 0. The predicted octanol–water partition coefficient (Wildman–Crippen LogP) is 2.82. The van der Waals surface area contributed by atoms with E-state index in [-0.39, 0.29) is 5.91 Å². The van der Waals surface area contributed by atoms with Crippen molar-refractivity contribution in [3.05, 3.63) is 35.4 Å². The fraction of sp³-hybridized carbons (Fsp3) is 0.588. The quantitative estimate of drug-likeness (QED) is 0.747. The van der Waals surface area contributed by atoms with E-state index in [4.69, 9.17) is 4.74 Å². The number of benzene rings is 1. The zero-order valence-electron chi connectivity index (χ0n) is 12.6. The lowest BCUT2D eigenvalue weighted by molar-refractivity contribution is -0.132. The minimum Gasteiger partial charge on any atom is -0.382 e. The van der Waals surface area contributed by atoms with Crippen LogP contribution in [0.25, 0.3) is 0 Å². The first kappa shape index (κ1) is 15.0. The van der Waals surface area contributed by atoms with Gasteiger partial charge in [0, 0.05) is 32.7 Å². The molecule has 2 rings (SSSR count). The van der Waals surface area contributed by atoms with Gasteiger partial charge in [-0.1, -0.05) is 24.3 Å². The molecule has 0 bridgehead atoms. The number of carbonyl (C=O) groups is 1. The topological polar surface area (TPSA) is 29.5 Å². The molecule has 0 radical (unpaired) electrons. The summed E-state index contributed by atoms with van der Waals surface area (Å²) >= 11 is 0. The van der Waals surface area contributed by atoms with Crippen LogP contribution in [0.2, 0.25) is 0 Å². The van der Waals surface area contributed by atoms with Crippen molar-refractivity contribution >= 4 is 5.91 Å². The molecule has 1 atom stereocenters. The van der Waals surface area contributed by atoms with Crippen molar-refractivity contribution < 1.29 is 9.53 Å². The maximum Gasteiger partial charge on any atom is 0.222 e. The zero-order chi connectivity index (χ0) is 14.4. The number of likely N-dealkylation sites (N-methyl/N-ethyl adjacent to an activating group) is 1. The lowest BCUT2D eigenvalue weighted by Gasteiger charge is -2.32. The number of rotatable bonds is 6. The molecule has 0 aromatic heterocycles. The highest BCUT2D eigenvalue weighted by molar-refractivity contribution is 5.76. The van der Waals surface area contributed by atoms with Crippen LogP contribution in [0.3, 0.4) is 0 Å². The Hall–Kier alpha value is -1.35. The van der Waals surface area contributed by atoms with E-state index in [9.17, 15) is 4.79 Å². The average molecular weight is 275 g/mol. The summed E-state index contributed by atoms with van der Waals surface area (Å²) in [4.78, 5) is 14.1. The van der Waals surface area contributed by atoms with Crippen molar-refractivity contribution in [3.8, 4) is 0 Å². The van der Waals surface area contributed by atoms with Gasteiger partial charge in [-0.3, -0.25) is 4.79 Å². The number of aryl methyl sites for hydroxylation is 1. The maximum atomic E-state index is 12.2. The molecule has 0 fully saturated rings. The van der Waals surface area contributed by atoms with Crippen LogP contribution >= 0.6 is 0 Å². The Kier molecular flexibility index (Phi) is 5.60. The van der Waals surface area contributed by atoms with Crippen LogP contribution in [0.4, 0.5) is 0 Å². The highest BCUT2D eigenvalue weighted by atomic mass is 16.5. The minimum atomic E-state index is 0.245. The second-order valence-electron chi connectivity index (χ2n) is 5.47. The Labute approximate surface area is 121 Å². The fourth-order valence-corrected chi connectivity index (χ4v) is 2.86. The largest absolute Gasteiger partial charge is 0.382 e. The molecule has 1 aliphatic carbocycles. The Balaban J connectivity index is 1.84. The zero-order valence-corrected chi connectivity index (χ0v) is 12.6. The Morgan fingerprint density at radius 2 is 2.10 bits per heavy atom. The Morgan fingerprint density at radius 3 is 2.85 bits per heavy atom. The molecule has 0 heterocycles. The molecular formula is C17H25NO2. The van der Waals surface area contributed by atoms with Crippen molar-refractivity contribution in [2.45, 2.75) is 45.1 Å². The molecule has 20 heavy (non-hydrogen) atoms. The van der Waals surface area contributed by atoms with Crippen LogP contribution in [0.15, 0.2) is 24.3 Å². The molecule has 1 amide bonds. The molecule has 1 aromatic rings. The molecular weight excluding hydrogens is 250 g/mol. The van der Waals surface area contributed by atoms with Gasteiger partial charge in [-0.15, -0.1) is 0 Å². The number of hydrogen-bond donors (Lipinski definition) is 0. The first-order valence-electron chi connectivity index (χ1n) is 7.62. The van der Waals surface area contributed by atoms with Crippen molar-refractivity contribution in [2.75, 3.05) is 20.3 Å².